The van der Waals surface area contributed by atoms with Crippen LogP contribution in [0.1, 0.15) is 38.2 Å². The van der Waals surface area contributed by atoms with Crippen LogP contribution in [0.2, 0.25) is 0 Å². The molecule has 5 heteroatoms. The normalized spacial score (nSPS) is 11.5. The first kappa shape index (κ1) is 17.0. The highest BCUT2D eigenvalue weighted by Crippen LogP contribution is 2.06. The third-order valence-electron chi connectivity index (χ3n) is 3.09. The lowest BCUT2D eigenvalue weighted by Crippen LogP contribution is -2.41. The van der Waals surface area contributed by atoms with E-state index >= 15 is 0 Å². The monoisotopic (exact) mass is 293 g/mol. The maximum atomic E-state index is 11.7. The Balaban J connectivity index is 2.41. The Morgan fingerprint density at radius 2 is 1.90 bits per heavy atom. The van der Waals surface area contributed by atoms with Gasteiger partial charge in [-0.3, -0.25) is 0 Å². The number of amides is 1. The van der Waals surface area contributed by atoms with E-state index in [4.69, 9.17) is 9.47 Å². The van der Waals surface area contributed by atoms with Gasteiger partial charge in [0.05, 0.1) is 7.11 Å². The standard InChI is InChI=1S/C16H23NO4/c1-3-4-6-11-14(15(18)20-2)17-16(19)21-12-13-9-7-5-8-10-13/h5,7-10,14H,3-4,6,11-12H2,1-2H3,(H,17,19). The maximum absolute atomic E-state index is 11.7. The van der Waals surface area contributed by atoms with Crippen molar-refractivity contribution in [2.24, 2.45) is 0 Å². The Kier molecular flexibility index (Phi) is 7.94. The van der Waals surface area contributed by atoms with E-state index < -0.39 is 18.1 Å². The van der Waals surface area contributed by atoms with Crippen molar-refractivity contribution in [2.45, 2.75) is 45.3 Å². The smallest absolute Gasteiger partial charge is 0.408 e. The predicted molar refractivity (Wildman–Crippen MR) is 79.7 cm³/mol. The Bertz CT molecular complexity index is 433. The number of ether oxygens (including phenoxy) is 2. The number of esters is 1. The number of rotatable bonds is 8. The van der Waals surface area contributed by atoms with Gasteiger partial charge in [0, 0.05) is 0 Å². The lowest BCUT2D eigenvalue weighted by molar-refractivity contribution is -0.143. The fourth-order valence-corrected chi connectivity index (χ4v) is 1.90. The lowest BCUT2D eigenvalue weighted by atomic mass is 10.1. The number of nitrogens with one attached hydrogen (secondary N) is 1. The summed E-state index contributed by atoms with van der Waals surface area (Å²) in [7, 11) is 1.31. The molecule has 0 aliphatic rings. The summed E-state index contributed by atoms with van der Waals surface area (Å²) in [6, 6.07) is 8.73. The van der Waals surface area contributed by atoms with Gasteiger partial charge >= 0.3 is 12.1 Å². The van der Waals surface area contributed by atoms with Gasteiger partial charge in [0.15, 0.2) is 0 Å². The summed E-state index contributed by atoms with van der Waals surface area (Å²) in [5.74, 6) is -0.442. The largest absolute Gasteiger partial charge is 0.467 e. The summed E-state index contributed by atoms with van der Waals surface area (Å²) >= 11 is 0. The molecule has 1 amide bonds. The molecular weight excluding hydrogens is 270 g/mol. The Labute approximate surface area is 125 Å². The molecule has 1 aromatic rings. The van der Waals surface area contributed by atoms with Crippen molar-refractivity contribution in [2.75, 3.05) is 7.11 Å². The highest BCUT2D eigenvalue weighted by atomic mass is 16.6. The predicted octanol–water partition coefficient (Wildman–Crippen LogP) is 3.03. The third kappa shape index (κ3) is 6.79. The molecule has 0 spiro atoms. The average Bonchev–Trinajstić information content (AvgIpc) is 2.52. The molecule has 0 radical (unpaired) electrons. The molecule has 1 rings (SSSR count). The van der Waals surface area contributed by atoms with Crippen molar-refractivity contribution < 1.29 is 19.1 Å². The van der Waals surface area contributed by atoms with Crippen molar-refractivity contribution in [3.63, 3.8) is 0 Å². The number of carbonyl (C=O) groups is 2. The van der Waals surface area contributed by atoms with E-state index in [0.29, 0.717) is 6.42 Å². The van der Waals surface area contributed by atoms with Crippen LogP contribution < -0.4 is 5.32 Å². The molecule has 0 heterocycles. The highest BCUT2D eigenvalue weighted by Gasteiger charge is 2.21. The van der Waals surface area contributed by atoms with E-state index in [0.717, 1.165) is 24.8 Å². The van der Waals surface area contributed by atoms with Crippen LogP contribution in [0.25, 0.3) is 0 Å². The van der Waals surface area contributed by atoms with Crippen LogP contribution in [0, 0.1) is 0 Å². The van der Waals surface area contributed by atoms with Crippen LogP contribution in [0.4, 0.5) is 4.79 Å². The average molecular weight is 293 g/mol. The van der Waals surface area contributed by atoms with Crippen molar-refractivity contribution in [3.05, 3.63) is 35.9 Å². The first-order chi connectivity index (χ1) is 10.2. The second kappa shape index (κ2) is 9.80. The molecule has 1 atom stereocenters. The van der Waals surface area contributed by atoms with Gasteiger partial charge in [-0.2, -0.15) is 0 Å². The SMILES string of the molecule is CCCCCC(NC(=O)OCc1ccccc1)C(=O)OC. The third-order valence-corrected chi connectivity index (χ3v) is 3.09. The fourth-order valence-electron chi connectivity index (χ4n) is 1.90. The first-order valence-electron chi connectivity index (χ1n) is 7.22. The number of methoxy groups -OCH3 is 1. The molecule has 21 heavy (non-hydrogen) atoms. The zero-order valence-corrected chi connectivity index (χ0v) is 12.6. The lowest BCUT2D eigenvalue weighted by Gasteiger charge is -2.16. The van der Waals surface area contributed by atoms with E-state index in [2.05, 4.69) is 12.2 Å². The van der Waals surface area contributed by atoms with E-state index in [-0.39, 0.29) is 6.61 Å². The van der Waals surface area contributed by atoms with Crippen LogP contribution in [0.15, 0.2) is 30.3 Å². The van der Waals surface area contributed by atoms with Gasteiger partial charge in [-0.15, -0.1) is 0 Å². The molecule has 5 nitrogen and oxygen atoms in total. The van der Waals surface area contributed by atoms with Gasteiger partial charge < -0.3 is 14.8 Å². The summed E-state index contributed by atoms with van der Waals surface area (Å²) in [5.41, 5.74) is 0.897. The minimum atomic E-state index is -0.648. The molecular formula is C16H23NO4. The molecule has 1 N–H and O–H groups in total. The molecule has 0 saturated heterocycles. The minimum absolute atomic E-state index is 0.176. The Morgan fingerprint density at radius 1 is 1.19 bits per heavy atom. The quantitative estimate of drug-likeness (QED) is 0.591. The zero-order chi connectivity index (χ0) is 15.5. The number of alkyl carbamates (subject to hydrolysis) is 1. The topological polar surface area (TPSA) is 64.6 Å². The molecule has 0 bridgehead atoms. The van der Waals surface area contributed by atoms with Crippen molar-refractivity contribution in [3.8, 4) is 0 Å². The van der Waals surface area contributed by atoms with Gasteiger partial charge in [-0.05, 0) is 12.0 Å². The molecule has 0 fully saturated rings. The molecule has 1 unspecified atom stereocenters. The van der Waals surface area contributed by atoms with Gasteiger partial charge in [0.1, 0.15) is 12.6 Å². The van der Waals surface area contributed by atoms with Gasteiger partial charge in [-0.1, -0.05) is 56.5 Å². The number of hydrogen-bond donors (Lipinski definition) is 1. The molecule has 0 aromatic heterocycles. The zero-order valence-electron chi connectivity index (χ0n) is 12.6. The highest BCUT2D eigenvalue weighted by molar-refractivity contribution is 5.81. The fraction of sp³-hybridized carbons (Fsp3) is 0.500. The second-order valence-electron chi connectivity index (χ2n) is 4.78. The van der Waals surface area contributed by atoms with Crippen LogP contribution in [-0.4, -0.2) is 25.2 Å². The summed E-state index contributed by atoms with van der Waals surface area (Å²) in [5, 5.41) is 2.56. The molecule has 0 aliphatic heterocycles. The van der Waals surface area contributed by atoms with E-state index in [1.807, 2.05) is 30.3 Å². The number of hydrogen-bond acceptors (Lipinski definition) is 4. The molecule has 1 aromatic carbocycles. The summed E-state index contributed by atoms with van der Waals surface area (Å²) < 4.78 is 9.80. The van der Waals surface area contributed by atoms with Crippen LogP contribution in [0.3, 0.4) is 0 Å². The number of benzene rings is 1. The van der Waals surface area contributed by atoms with E-state index in [9.17, 15) is 9.59 Å². The van der Waals surface area contributed by atoms with Crippen LogP contribution in [-0.2, 0) is 20.9 Å². The second-order valence-corrected chi connectivity index (χ2v) is 4.78. The van der Waals surface area contributed by atoms with Gasteiger partial charge in [-0.25, -0.2) is 9.59 Å². The van der Waals surface area contributed by atoms with Crippen LogP contribution >= 0.6 is 0 Å². The van der Waals surface area contributed by atoms with Crippen molar-refractivity contribution >= 4 is 12.1 Å². The molecule has 0 aliphatic carbocycles. The summed E-state index contributed by atoms with van der Waals surface area (Å²) in [4.78, 5) is 23.4. The summed E-state index contributed by atoms with van der Waals surface area (Å²) in [6.07, 6.45) is 2.86. The van der Waals surface area contributed by atoms with Crippen molar-refractivity contribution in [1.82, 2.24) is 5.32 Å². The minimum Gasteiger partial charge on any atom is -0.467 e. The van der Waals surface area contributed by atoms with Gasteiger partial charge in [0.25, 0.3) is 0 Å². The number of carbonyl (C=O) groups excluding carboxylic acids is 2. The van der Waals surface area contributed by atoms with Gasteiger partial charge in [0.2, 0.25) is 0 Å². The Hall–Kier alpha value is -2.04. The van der Waals surface area contributed by atoms with E-state index in [1.54, 1.807) is 0 Å². The maximum Gasteiger partial charge on any atom is 0.408 e. The number of unbranched alkanes of at least 4 members (excludes halogenated alkanes) is 2. The van der Waals surface area contributed by atoms with Crippen molar-refractivity contribution in [1.29, 1.82) is 0 Å². The van der Waals surface area contributed by atoms with E-state index in [1.165, 1.54) is 7.11 Å². The molecule has 0 saturated carbocycles. The van der Waals surface area contributed by atoms with Crippen LogP contribution in [0.5, 0.6) is 0 Å². The first-order valence-corrected chi connectivity index (χ1v) is 7.22. The Morgan fingerprint density at radius 3 is 2.52 bits per heavy atom. The summed E-state index contributed by atoms with van der Waals surface area (Å²) in [6.45, 7) is 2.25. The molecule has 116 valence electrons.